The van der Waals surface area contributed by atoms with Gasteiger partial charge in [-0.3, -0.25) is 4.57 Å². The molecule has 8 heteroatoms. The maximum absolute atomic E-state index is 5.44. The number of nitrogens with zero attached hydrogens (tertiary/aromatic N) is 7. The van der Waals surface area contributed by atoms with Gasteiger partial charge in [0.2, 0.25) is 5.95 Å². The smallest absolute Gasteiger partial charge is 0.238 e. The Morgan fingerprint density at radius 1 is 0.243 bits per heavy atom. The van der Waals surface area contributed by atoms with Crippen molar-refractivity contribution in [2.24, 2.45) is 0 Å². The summed E-state index contributed by atoms with van der Waals surface area (Å²) in [6, 6.07) is 95.6. The van der Waals surface area contributed by atoms with Crippen LogP contribution in [0.1, 0.15) is 0 Å². The van der Waals surface area contributed by atoms with E-state index in [1.165, 1.54) is 20.7 Å². The number of rotatable bonds is 11. The predicted molar refractivity (Wildman–Crippen MR) is 304 cm³/mol. The molecule has 0 radical (unpaired) electrons. The highest BCUT2D eigenvalue weighted by Gasteiger charge is 2.41. The van der Waals surface area contributed by atoms with E-state index in [4.69, 9.17) is 29.9 Å². The van der Waals surface area contributed by atoms with Gasteiger partial charge in [0, 0.05) is 38.6 Å². The first kappa shape index (κ1) is 44.2. The third-order valence-corrected chi connectivity index (χ3v) is 18.7. The Bertz CT molecular complexity index is 3980. The standard InChI is InChI=1S/C66H45N7Si/c1-6-25-46(26-7-1)61-67-63(48-29-24-36-52(45-48)74(49-30-10-3-11-31-49,50-32-12-4-13-33-50)51-34-14-5-15-35-51)70-64(68-61)57-41-18-16-37-53(57)54-38-17-19-42-58(54)65-69-62(47-27-8-2-9-28-47)71-66(72-65)73-59-43-22-20-39-55(59)56-40-21-23-44-60(56)73/h1-45H. The minimum absolute atomic E-state index is 0.532. The fourth-order valence-corrected chi connectivity index (χ4v) is 15.4. The van der Waals surface area contributed by atoms with Gasteiger partial charge >= 0.3 is 0 Å². The normalized spacial score (nSPS) is 11.5. The van der Waals surface area contributed by atoms with Crippen molar-refractivity contribution in [1.29, 1.82) is 0 Å². The summed E-state index contributed by atoms with van der Waals surface area (Å²) in [6.45, 7) is 0. The fraction of sp³-hybridized carbons (Fsp3) is 0. The zero-order valence-corrected chi connectivity index (χ0v) is 41.1. The second-order valence-electron chi connectivity index (χ2n) is 18.2. The summed E-state index contributed by atoms with van der Waals surface area (Å²) in [7, 11) is -2.88. The van der Waals surface area contributed by atoms with Gasteiger partial charge in [-0.25, -0.2) is 19.9 Å². The average Bonchev–Trinajstić information content (AvgIpc) is 3.86. The van der Waals surface area contributed by atoms with E-state index < -0.39 is 8.07 Å². The highest BCUT2D eigenvalue weighted by Crippen LogP contribution is 2.39. The van der Waals surface area contributed by atoms with Gasteiger partial charge in [-0.15, -0.1) is 0 Å². The quantitative estimate of drug-likeness (QED) is 0.0949. The zero-order chi connectivity index (χ0) is 49.3. The minimum atomic E-state index is -2.88. The lowest BCUT2D eigenvalue weighted by molar-refractivity contribution is 0.953. The SMILES string of the molecule is c1ccc(-c2nc(-c3cccc([Si](c4ccccc4)(c4ccccc4)c4ccccc4)c3)nc(-c3ccccc3-c3ccccc3-c3nc(-c4ccccc4)nc(-n4c5ccccc5c5ccccc54)n3)n2)cc1. The van der Waals surface area contributed by atoms with Crippen molar-refractivity contribution in [2.45, 2.75) is 0 Å². The lowest BCUT2D eigenvalue weighted by Gasteiger charge is -2.34. The maximum atomic E-state index is 5.44. The van der Waals surface area contributed by atoms with E-state index in [9.17, 15) is 0 Å². The van der Waals surface area contributed by atoms with Crippen molar-refractivity contribution in [3.05, 3.63) is 273 Å². The molecule has 0 saturated carbocycles. The Balaban J connectivity index is 1.00. The summed E-state index contributed by atoms with van der Waals surface area (Å²) in [6.07, 6.45) is 0. The number of benzene rings is 10. The summed E-state index contributed by atoms with van der Waals surface area (Å²) in [5, 5.41) is 7.36. The minimum Gasteiger partial charge on any atom is -0.278 e. The first-order valence-corrected chi connectivity index (χ1v) is 26.8. The summed E-state index contributed by atoms with van der Waals surface area (Å²) in [5.74, 6) is 3.36. The third kappa shape index (κ3) is 7.87. The van der Waals surface area contributed by atoms with Gasteiger partial charge in [-0.1, -0.05) is 261 Å². The number of aromatic nitrogens is 7. The molecular formula is C66H45N7Si. The molecule has 0 spiro atoms. The lowest BCUT2D eigenvalue weighted by atomic mass is 9.94. The molecule has 0 atom stereocenters. The molecule has 0 aliphatic rings. The molecular weight excluding hydrogens is 919 g/mol. The van der Waals surface area contributed by atoms with Gasteiger partial charge in [-0.2, -0.15) is 9.97 Å². The molecule has 0 N–H and O–H groups in total. The third-order valence-electron chi connectivity index (χ3n) is 13.9. The van der Waals surface area contributed by atoms with Crippen LogP contribution in [0.25, 0.3) is 95.8 Å². The molecule has 3 heterocycles. The van der Waals surface area contributed by atoms with E-state index in [2.05, 4.69) is 217 Å². The van der Waals surface area contributed by atoms with Crippen LogP contribution in [-0.4, -0.2) is 42.5 Å². The van der Waals surface area contributed by atoms with Crippen molar-refractivity contribution in [3.63, 3.8) is 0 Å². The summed E-state index contributed by atoms with van der Waals surface area (Å²) < 4.78 is 2.15. The number of hydrogen-bond donors (Lipinski definition) is 0. The van der Waals surface area contributed by atoms with Gasteiger partial charge in [0.15, 0.2) is 37.2 Å². The van der Waals surface area contributed by atoms with Crippen molar-refractivity contribution < 1.29 is 0 Å². The van der Waals surface area contributed by atoms with Gasteiger partial charge in [0.1, 0.15) is 0 Å². The first-order valence-electron chi connectivity index (χ1n) is 24.8. The van der Waals surface area contributed by atoms with Crippen LogP contribution < -0.4 is 20.7 Å². The van der Waals surface area contributed by atoms with E-state index in [1.54, 1.807) is 0 Å². The van der Waals surface area contributed by atoms with E-state index in [-0.39, 0.29) is 0 Å². The molecule has 0 saturated heterocycles. The Morgan fingerprint density at radius 2 is 0.568 bits per heavy atom. The maximum Gasteiger partial charge on any atom is 0.238 e. The van der Waals surface area contributed by atoms with Gasteiger partial charge in [0.25, 0.3) is 0 Å². The molecule has 0 fully saturated rings. The molecule has 10 aromatic carbocycles. The van der Waals surface area contributed by atoms with Crippen LogP contribution in [-0.2, 0) is 0 Å². The molecule has 348 valence electrons. The largest absolute Gasteiger partial charge is 0.278 e. The average molecular weight is 964 g/mol. The predicted octanol–water partition coefficient (Wildman–Crippen LogP) is 12.5. The monoisotopic (exact) mass is 963 g/mol. The molecule has 13 rings (SSSR count). The molecule has 3 aromatic heterocycles. The van der Waals surface area contributed by atoms with Crippen LogP contribution in [0.4, 0.5) is 0 Å². The molecule has 13 aromatic rings. The molecule has 0 aliphatic heterocycles. The lowest BCUT2D eigenvalue weighted by Crippen LogP contribution is -2.74. The van der Waals surface area contributed by atoms with Crippen LogP contribution in [0.5, 0.6) is 0 Å². The van der Waals surface area contributed by atoms with Crippen LogP contribution >= 0.6 is 0 Å². The van der Waals surface area contributed by atoms with E-state index in [0.29, 0.717) is 35.1 Å². The van der Waals surface area contributed by atoms with Crippen LogP contribution in [0.2, 0.25) is 0 Å². The molecule has 74 heavy (non-hydrogen) atoms. The first-order chi connectivity index (χ1) is 36.7. The fourth-order valence-electron chi connectivity index (χ4n) is 10.6. The molecule has 0 amide bonds. The van der Waals surface area contributed by atoms with Gasteiger partial charge in [0.05, 0.1) is 11.0 Å². The highest BCUT2D eigenvalue weighted by molar-refractivity contribution is 7.19. The van der Waals surface area contributed by atoms with E-state index >= 15 is 0 Å². The molecule has 0 bridgehead atoms. The molecule has 0 aliphatic carbocycles. The Kier molecular flexibility index (Phi) is 11.4. The number of para-hydroxylation sites is 2. The van der Waals surface area contributed by atoms with E-state index in [1.807, 2.05) is 60.7 Å². The van der Waals surface area contributed by atoms with Crippen molar-refractivity contribution in [3.8, 4) is 74.0 Å². The summed E-state index contributed by atoms with van der Waals surface area (Å²) >= 11 is 0. The molecule has 7 nitrogen and oxygen atoms in total. The second kappa shape index (κ2) is 19.1. The number of hydrogen-bond acceptors (Lipinski definition) is 6. The van der Waals surface area contributed by atoms with Gasteiger partial charge in [-0.05, 0) is 44.0 Å². The summed E-state index contributed by atoms with van der Waals surface area (Å²) in [5.41, 5.74) is 8.26. The Hall–Kier alpha value is -9.76. The van der Waals surface area contributed by atoms with E-state index in [0.717, 1.165) is 60.8 Å². The highest BCUT2D eigenvalue weighted by atomic mass is 28.3. The van der Waals surface area contributed by atoms with Crippen molar-refractivity contribution >= 4 is 50.6 Å². The zero-order valence-electron chi connectivity index (χ0n) is 40.1. The van der Waals surface area contributed by atoms with Crippen LogP contribution in [0.15, 0.2) is 273 Å². The van der Waals surface area contributed by atoms with Crippen LogP contribution in [0.3, 0.4) is 0 Å². The molecule has 0 unspecified atom stereocenters. The summed E-state index contributed by atoms with van der Waals surface area (Å²) in [4.78, 5) is 31.9. The Morgan fingerprint density at radius 3 is 1.05 bits per heavy atom. The number of fused-ring (bicyclic) bond motifs is 3. The van der Waals surface area contributed by atoms with Crippen molar-refractivity contribution in [2.75, 3.05) is 0 Å². The van der Waals surface area contributed by atoms with Gasteiger partial charge < -0.3 is 0 Å². The second-order valence-corrected chi connectivity index (χ2v) is 22.0. The Labute approximate surface area is 429 Å². The topological polar surface area (TPSA) is 82.3 Å². The van der Waals surface area contributed by atoms with Crippen LogP contribution in [0, 0.1) is 0 Å². The van der Waals surface area contributed by atoms with Crippen molar-refractivity contribution in [1.82, 2.24) is 34.5 Å².